The molecule has 0 N–H and O–H groups in total. The van der Waals surface area contributed by atoms with Crippen LogP contribution in [-0.4, -0.2) is 9.97 Å². The molecule has 0 amide bonds. The maximum absolute atomic E-state index is 4.65. The van der Waals surface area contributed by atoms with Crippen molar-refractivity contribution in [2.24, 2.45) is 17.8 Å². The lowest BCUT2D eigenvalue weighted by molar-refractivity contribution is 0.349. The molecule has 2 aliphatic rings. The van der Waals surface area contributed by atoms with Crippen LogP contribution in [0.1, 0.15) is 68.4 Å². The number of hydrogen-bond donors (Lipinski definition) is 0. The van der Waals surface area contributed by atoms with Crippen LogP contribution in [0.5, 0.6) is 0 Å². The standard InChI is InChI=1S/C27H34N2/c1-3-21-6-8-22(9-7-21)10-11-23-12-16-24(17-13-23)26-18-28-27(29-19-26)25-14-4-20(2)5-15-25/h3-5,10-11,14-15,18-19,21-24H,1,6-9,12-13,16-17H2,2H3/b11-10+. The molecule has 152 valence electrons. The normalized spacial score (nSPS) is 27.8. The third-order valence-corrected chi connectivity index (χ3v) is 7.03. The lowest BCUT2D eigenvalue weighted by atomic mass is 9.78. The molecule has 0 unspecified atom stereocenters. The van der Waals surface area contributed by atoms with Gasteiger partial charge < -0.3 is 0 Å². The maximum Gasteiger partial charge on any atom is 0.159 e. The van der Waals surface area contributed by atoms with E-state index in [1.807, 2.05) is 0 Å². The second-order valence-electron chi connectivity index (χ2n) is 9.11. The fourth-order valence-electron chi connectivity index (χ4n) is 4.93. The number of aryl methyl sites for hydroxylation is 1. The molecule has 1 aromatic carbocycles. The van der Waals surface area contributed by atoms with Gasteiger partial charge in [-0.15, -0.1) is 6.58 Å². The van der Waals surface area contributed by atoms with E-state index in [1.54, 1.807) is 0 Å². The minimum atomic E-state index is 0.620. The SMILES string of the molecule is C=CC1CCC(/C=C/C2CCC(c3cnc(-c4ccc(C)cc4)nc3)CC2)CC1. The summed E-state index contributed by atoms with van der Waals surface area (Å²) >= 11 is 0. The van der Waals surface area contributed by atoms with E-state index in [9.17, 15) is 0 Å². The predicted octanol–water partition coefficient (Wildman–Crippen LogP) is 7.27. The zero-order chi connectivity index (χ0) is 20.1. The van der Waals surface area contributed by atoms with Gasteiger partial charge in [-0.1, -0.05) is 48.1 Å². The summed E-state index contributed by atoms with van der Waals surface area (Å²) in [5, 5.41) is 0. The Bertz CT molecular complexity index is 803. The van der Waals surface area contributed by atoms with Crippen molar-refractivity contribution >= 4 is 0 Å². The number of nitrogens with zero attached hydrogens (tertiary/aromatic N) is 2. The quantitative estimate of drug-likeness (QED) is 0.505. The van der Waals surface area contributed by atoms with Gasteiger partial charge in [0.2, 0.25) is 0 Å². The molecule has 0 aliphatic heterocycles. The highest BCUT2D eigenvalue weighted by atomic mass is 14.9. The summed E-state index contributed by atoms with van der Waals surface area (Å²) in [7, 11) is 0. The summed E-state index contributed by atoms with van der Waals surface area (Å²) in [6.07, 6.45) is 21.8. The Labute approximate surface area is 176 Å². The Morgan fingerprint density at radius 1 is 0.759 bits per heavy atom. The number of benzene rings is 1. The van der Waals surface area contributed by atoms with E-state index >= 15 is 0 Å². The second kappa shape index (κ2) is 9.52. The Balaban J connectivity index is 1.27. The van der Waals surface area contributed by atoms with Gasteiger partial charge in [-0.05, 0) is 87.5 Å². The van der Waals surface area contributed by atoms with Crippen molar-refractivity contribution < 1.29 is 0 Å². The molecule has 0 saturated heterocycles. The van der Waals surface area contributed by atoms with Crippen LogP contribution in [0.15, 0.2) is 61.5 Å². The third kappa shape index (κ3) is 5.23. The van der Waals surface area contributed by atoms with Crippen molar-refractivity contribution in [1.29, 1.82) is 0 Å². The first-order chi connectivity index (χ1) is 14.2. The molecular formula is C27H34N2. The van der Waals surface area contributed by atoms with Gasteiger partial charge in [-0.3, -0.25) is 0 Å². The van der Waals surface area contributed by atoms with Crippen LogP contribution in [-0.2, 0) is 0 Å². The lowest BCUT2D eigenvalue weighted by Crippen LogP contribution is -2.14. The largest absolute Gasteiger partial charge is 0.236 e. The molecule has 2 aliphatic carbocycles. The molecule has 4 rings (SSSR count). The number of allylic oxidation sites excluding steroid dienone is 3. The fourth-order valence-corrected chi connectivity index (χ4v) is 4.93. The molecule has 2 heteroatoms. The van der Waals surface area contributed by atoms with Gasteiger partial charge in [0.15, 0.2) is 5.82 Å². The van der Waals surface area contributed by atoms with Gasteiger partial charge in [0.1, 0.15) is 0 Å². The number of aromatic nitrogens is 2. The highest BCUT2D eigenvalue weighted by Crippen LogP contribution is 2.37. The zero-order valence-electron chi connectivity index (χ0n) is 17.8. The molecule has 1 aromatic heterocycles. The average Bonchev–Trinajstić information content (AvgIpc) is 2.79. The van der Waals surface area contributed by atoms with E-state index in [1.165, 1.54) is 62.5 Å². The molecule has 2 nitrogen and oxygen atoms in total. The van der Waals surface area contributed by atoms with Crippen LogP contribution >= 0.6 is 0 Å². The smallest absolute Gasteiger partial charge is 0.159 e. The van der Waals surface area contributed by atoms with E-state index in [2.05, 4.69) is 78.4 Å². The van der Waals surface area contributed by atoms with Crippen LogP contribution in [0.3, 0.4) is 0 Å². The predicted molar refractivity (Wildman–Crippen MR) is 122 cm³/mol. The minimum absolute atomic E-state index is 0.620. The Morgan fingerprint density at radius 2 is 1.28 bits per heavy atom. The molecule has 0 bridgehead atoms. The highest BCUT2D eigenvalue weighted by molar-refractivity contribution is 5.55. The van der Waals surface area contributed by atoms with Crippen molar-refractivity contribution in [1.82, 2.24) is 9.97 Å². The van der Waals surface area contributed by atoms with Gasteiger partial charge in [-0.2, -0.15) is 0 Å². The van der Waals surface area contributed by atoms with Gasteiger partial charge in [0, 0.05) is 18.0 Å². The van der Waals surface area contributed by atoms with E-state index < -0.39 is 0 Å². The molecule has 0 radical (unpaired) electrons. The van der Waals surface area contributed by atoms with Gasteiger partial charge in [-0.25, -0.2) is 9.97 Å². The molecule has 2 fully saturated rings. The van der Waals surface area contributed by atoms with Gasteiger partial charge >= 0.3 is 0 Å². The van der Waals surface area contributed by atoms with Gasteiger partial charge in [0.05, 0.1) is 0 Å². The van der Waals surface area contributed by atoms with Crippen LogP contribution in [0.4, 0.5) is 0 Å². The Hall–Kier alpha value is -2.22. The summed E-state index contributed by atoms with van der Waals surface area (Å²) in [6.45, 7) is 6.06. The molecule has 0 atom stereocenters. The maximum atomic E-state index is 4.65. The van der Waals surface area contributed by atoms with Crippen LogP contribution < -0.4 is 0 Å². The van der Waals surface area contributed by atoms with Crippen LogP contribution in [0, 0.1) is 24.7 Å². The van der Waals surface area contributed by atoms with Crippen LogP contribution in [0.25, 0.3) is 11.4 Å². The molecule has 1 heterocycles. The fraction of sp³-hybridized carbons (Fsp3) is 0.481. The van der Waals surface area contributed by atoms with Crippen molar-refractivity contribution in [3.63, 3.8) is 0 Å². The molecular weight excluding hydrogens is 352 g/mol. The average molecular weight is 387 g/mol. The van der Waals surface area contributed by atoms with Gasteiger partial charge in [0.25, 0.3) is 0 Å². The van der Waals surface area contributed by atoms with Crippen molar-refractivity contribution in [3.05, 3.63) is 72.6 Å². The first-order valence-electron chi connectivity index (χ1n) is 11.4. The van der Waals surface area contributed by atoms with Crippen molar-refractivity contribution in [3.8, 4) is 11.4 Å². The zero-order valence-corrected chi connectivity index (χ0v) is 17.8. The Kier molecular flexibility index (Phi) is 6.59. The topological polar surface area (TPSA) is 25.8 Å². The highest BCUT2D eigenvalue weighted by Gasteiger charge is 2.22. The van der Waals surface area contributed by atoms with E-state index in [0.717, 1.165) is 29.1 Å². The molecule has 0 spiro atoms. The minimum Gasteiger partial charge on any atom is -0.236 e. The van der Waals surface area contributed by atoms with Crippen LogP contribution in [0.2, 0.25) is 0 Å². The number of rotatable bonds is 5. The third-order valence-electron chi connectivity index (χ3n) is 7.03. The summed E-state index contributed by atoms with van der Waals surface area (Å²) in [6, 6.07) is 8.44. The summed E-state index contributed by atoms with van der Waals surface area (Å²) in [4.78, 5) is 9.30. The first-order valence-corrected chi connectivity index (χ1v) is 11.4. The van der Waals surface area contributed by atoms with E-state index in [4.69, 9.17) is 0 Å². The first kappa shape index (κ1) is 20.1. The van der Waals surface area contributed by atoms with E-state index in [-0.39, 0.29) is 0 Å². The summed E-state index contributed by atoms with van der Waals surface area (Å²) in [5.74, 6) is 3.77. The molecule has 29 heavy (non-hydrogen) atoms. The molecule has 2 saturated carbocycles. The Morgan fingerprint density at radius 3 is 1.83 bits per heavy atom. The summed E-state index contributed by atoms with van der Waals surface area (Å²) in [5.41, 5.74) is 3.67. The summed E-state index contributed by atoms with van der Waals surface area (Å²) < 4.78 is 0. The second-order valence-corrected chi connectivity index (χ2v) is 9.11. The number of hydrogen-bond acceptors (Lipinski definition) is 2. The monoisotopic (exact) mass is 386 g/mol. The van der Waals surface area contributed by atoms with E-state index in [0.29, 0.717) is 5.92 Å². The van der Waals surface area contributed by atoms with Crippen molar-refractivity contribution in [2.45, 2.75) is 64.2 Å². The lowest BCUT2D eigenvalue weighted by Gasteiger charge is -2.28. The van der Waals surface area contributed by atoms with Crippen molar-refractivity contribution in [2.75, 3.05) is 0 Å². The molecule has 2 aromatic rings.